The van der Waals surface area contributed by atoms with Gasteiger partial charge in [0.25, 0.3) is 0 Å². The first-order valence-electron chi connectivity index (χ1n) is 7.92. The van der Waals surface area contributed by atoms with Crippen LogP contribution in [0.15, 0.2) is 18.2 Å². The lowest BCUT2D eigenvalue weighted by atomic mass is 9.93. The molecule has 1 saturated heterocycles. The average Bonchev–Trinajstić information content (AvgIpc) is 2.47. The van der Waals surface area contributed by atoms with Crippen molar-refractivity contribution >= 4 is 0 Å². The zero-order chi connectivity index (χ0) is 15.2. The summed E-state index contributed by atoms with van der Waals surface area (Å²) in [6.07, 6.45) is 2.35. The van der Waals surface area contributed by atoms with Gasteiger partial charge in [0.05, 0.1) is 7.11 Å². The Bertz CT molecular complexity index is 452. The van der Waals surface area contributed by atoms with Crippen LogP contribution in [0.1, 0.15) is 32.3 Å². The smallest absolute Gasteiger partial charge is 0.165 e. The topological polar surface area (TPSA) is 24.5 Å². The second-order valence-electron chi connectivity index (χ2n) is 6.03. The molecule has 4 heteroatoms. The van der Waals surface area contributed by atoms with Crippen molar-refractivity contribution in [1.29, 1.82) is 0 Å². The SMILES string of the molecule is CCCNC1CCN(Cc2ccc(OC)c(F)c2)CC1C. The zero-order valence-electron chi connectivity index (χ0n) is 13.4. The maximum atomic E-state index is 13.7. The maximum Gasteiger partial charge on any atom is 0.165 e. The fourth-order valence-corrected chi connectivity index (χ4v) is 3.07. The van der Waals surface area contributed by atoms with Crippen LogP contribution in [0.25, 0.3) is 0 Å². The lowest BCUT2D eigenvalue weighted by Gasteiger charge is -2.37. The molecule has 0 amide bonds. The van der Waals surface area contributed by atoms with E-state index in [0.29, 0.717) is 17.7 Å². The van der Waals surface area contributed by atoms with Crippen LogP contribution in [0.2, 0.25) is 0 Å². The van der Waals surface area contributed by atoms with Gasteiger partial charge in [0.15, 0.2) is 11.6 Å². The summed E-state index contributed by atoms with van der Waals surface area (Å²) in [5, 5.41) is 3.63. The summed E-state index contributed by atoms with van der Waals surface area (Å²) in [6.45, 7) is 8.54. The molecule has 0 saturated carbocycles. The van der Waals surface area contributed by atoms with E-state index >= 15 is 0 Å². The molecule has 1 N–H and O–H groups in total. The molecule has 118 valence electrons. The second kappa shape index (κ2) is 7.76. The number of nitrogens with zero attached hydrogens (tertiary/aromatic N) is 1. The number of likely N-dealkylation sites (tertiary alicyclic amines) is 1. The molecule has 0 spiro atoms. The van der Waals surface area contributed by atoms with E-state index in [9.17, 15) is 4.39 Å². The second-order valence-corrected chi connectivity index (χ2v) is 6.03. The van der Waals surface area contributed by atoms with Gasteiger partial charge in [-0.15, -0.1) is 0 Å². The summed E-state index contributed by atoms with van der Waals surface area (Å²) in [4.78, 5) is 2.41. The summed E-state index contributed by atoms with van der Waals surface area (Å²) in [5.74, 6) is 0.672. The normalized spacial score (nSPS) is 23.2. The monoisotopic (exact) mass is 294 g/mol. The molecule has 3 nitrogen and oxygen atoms in total. The highest BCUT2D eigenvalue weighted by Gasteiger charge is 2.25. The van der Waals surface area contributed by atoms with Gasteiger partial charge in [-0.25, -0.2) is 4.39 Å². The van der Waals surface area contributed by atoms with E-state index in [-0.39, 0.29) is 5.82 Å². The molecule has 0 aromatic heterocycles. The summed E-state index contributed by atoms with van der Waals surface area (Å²) in [5.41, 5.74) is 1.01. The van der Waals surface area contributed by atoms with E-state index in [0.717, 1.165) is 31.7 Å². The Hall–Kier alpha value is -1.13. The third-order valence-electron chi connectivity index (χ3n) is 4.27. The molecule has 21 heavy (non-hydrogen) atoms. The largest absolute Gasteiger partial charge is 0.494 e. The molecule has 0 bridgehead atoms. The molecule has 1 aliphatic rings. The third kappa shape index (κ3) is 4.42. The fraction of sp³-hybridized carbons (Fsp3) is 0.647. The van der Waals surface area contributed by atoms with Crippen molar-refractivity contribution in [3.05, 3.63) is 29.6 Å². The fourth-order valence-electron chi connectivity index (χ4n) is 3.07. The van der Waals surface area contributed by atoms with Gasteiger partial charge in [0, 0.05) is 19.1 Å². The van der Waals surface area contributed by atoms with Crippen LogP contribution in [0, 0.1) is 11.7 Å². The Morgan fingerprint density at radius 2 is 2.24 bits per heavy atom. The van der Waals surface area contributed by atoms with Gasteiger partial charge >= 0.3 is 0 Å². The summed E-state index contributed by atoms with van der Waals surface area (Å²) >= 11 is 0. The van der Waals surface area contributed by atoms with Gasteiger partial charge < -0.3 is 10.1 Å². The van der Waals surface area contributed by atoms with Crippen molar-refractivity contribution in [2.24, 2.45) is 5.92 Å². The molecule has 1 fully saturated rings. The number of nitrogens with one attached hydrogen (secondary N) is 1. The number of rotatable bonds is 6. The molecule has 0 radical (unpaired) electrons. The number of halogens is 1. The highest BCUT2D eigenvalue weighted by molar-refractivity contribution is 5.29. The number of benzene rings is 1. The van der Waals surface area contributed by atoms with Crippen molar-refractivity contribution in [2.75, 3.05) is 26.7 Å². The Morgan fingerprint density at radius 3 is 2.86 bits per heavy atom. The van der Waals surface area contributed by atoms with Crippen LogP contribution in [0.4, 0.5) is 4.39 Å². The highest BCUT2D eigenvalue weighted by Crippen LogP contribution is 2.22. The number of methoxy groups -OCH3 is 1. The quantitative estimate of drug-likeness (QED) is 0.873. The van der Waals surface area contributed by atoms with Gasteiger partial charge in [-0.3, -0.25) is 4.90 Å². The molecule has 1 heterocycles. The van der Waals surface area contributed by atoms with Crippen LogP contribution in [0.3, 0.4) is 0 Å². The van der Waals surface area contributed by atoms with Gasteiger partial charge in [-0.05, 0) is 49.5 Å². The van der Waals surface area contributed by atoms with Crippen molar-refractivity contribution in [2.45, 2.75) is 39.3 Å². The molecular weight excluding hydrogens is 267 g/mol. The first-order valence-corrected chi connectivity index (χ1v) is 7.92. The standard InChI is InChI=1S/C17H27FN2O/c1-4-8-19-16-7-9-20(11-13(16)2)12-14-5-6-17(21-3)15(18)10-14/h5-6,10,13,16,19H,4,7-9,11-12H2,1-3H3. The van der Waals surface area contributed by atoms with Crippen molar-refractivity contribution < 1.29 is 9.13 Å². The van der Waals surface area contributed by atoms with Gasteiger partial charge in [-0.2, -0.15) is 0 Å². The summed E-state index contributed by atoms with van der Waals surface area (Å²) in [7, 11) is 1.49. The number of piperidine rings is 1. The molecule has 1 aromatic carbocycles. The first-order chi connectivity index (χ1) is 10.1. The molecule has 2 atom stereocenters. The van der Waals surface area contributed by atoms with Crippen LogP contribution >= 0.6 is 0 Å². The minimum absolute atomic E-state index is 0.275. The van der Waals surface area contributed by atoms with E-state index in [1.807, 2.05) is 6.07 Å². The van der Waals surface area contributed by atoms with Crippen LogP contribution in [-0.4, -0.2) is 37.7 Å². The summed E-state index contributed by atoms with van der Waals surface area (Å²) < 4.78 is 18.7. The average molecular weight is 294 g/mol. The summed E-state index contributed by atoms with van der Waals surface area (Å²) in [6, 6.07) is 5.87. The van der Waals surface area contributed by atoms with E-state index in [4.69, 9.17) is 4.74 Å². The minimum Gasteiger partial charge on any atom is -0.494 e. The van der Waals surface area contributed by atoms with Crippen molar-refractivity contribution in [1.82, 2.24) is 10.2 Å². The number of ether oxygens (including phenoxy) is 1. The Labute approximate surface area is 127 Å². The molecule has 2 rings (SSSR count). The molecule has 0 aliphatic carbocycles. The third-order valence-corrected chi connectivity index (χ3v) is 4.27. The first kappa shape index (κ1) is 16.2. The van der Waals surface area contributed by atoms with E-state index in [1.54, 1.807) is 12.1 Å². The Kier molecular flexibility index (Phi) is 6.00. The van der Waals surface area contributed by atoms with E-state index in [2.05, 4.69) is 24.1 Å². The lowest BCUT2D eigenvalue weighted by molar-refractivity contribution is 0.141. The van der Waals surface area contributed by atoms with Crippen molar-refractivity contribution in [3.8, 4) is 5.75 Å². The van der Waals surface area contributed by atoms with Crippen LogP contribution < -0.4 is 10.1 Å². The highest BCUT2D eigenvalue weighted by atomic mass is 19.1. The molecule has 1 aromatic rings. The van der Waals surface area contributed by atoms with Gasteiger partial charge in [0.1, 0.15) is 0 Å². The van der Waals surface area contributed by atoms with Gasteiger partial charge in [-0.1, -0.05) is 19.9 Å². The maximum absolute atomic E-state index is 13.7. The Balaban J connectivity index is 1.89. The molecular formula is C17H27FN2O. The van der Waals surface area contributed by atoms with E-state index in [1.165, 1.54) is 20.0 Å². The van der Waals surface area contributed by atoms with Crippen LogP contribution in [-0.2, 0) is 6.54 Å². The molecule has 1 aliphatic heterocycles. The van der Waals surface area contributed by atoms with E-state index < -0.39 is 0 Å². The predicted octanol–water partition coefficient (Wildman–Crippen LogP) is 3.04. The minimum atomic E-state index is -0.275. The number of hydrogen-bond acceptors (Lipinski definition) is 3. The number of hydrogen-bond donors (Lipinski definition) is 1. The molecule has 2 unspecified atom stereocenters. The van der Waals surface area contributed by atoms with Crippen molar-refractivity contribution in [3.63, 3.8) is 0 Å². The zero-order valence-corrected chi connectivity index (χ0v) is 13.4. The van der Waals surface area contributed by atoms with Gasteiger partial charge in [0.2, 0.25) is 0 Å². The lowest BCUT2D eigenvalue weighted by Crippen LogP contribution is -2.48. The predicted molar refractivity (Wildman–Crippen MR) is 84.1 cm³/mol. The van der Waals surface area contributed by atoms with Crippen LogP contribution in [0.5, 0.6) is 5.75 Å². The Morgan fingerprint density at radius 1 is 1.43 bits per heavy atom.